The Kier molecular flexibility index (Phi) is 7.68. The number of benzene rings is 3. The molecule has 0 bridgehead atoms. The highest BCUT2D eigenvalue weighted by atomic mass is 79.9. The van der Waals surface area contributed by atoms with Crippen LogP contribution in [-0.2, 0) is 6.18 Å². The maximum atomic E-state index is 14.0. The van der Waals surface area contributed by atoms with Crippen molar-refractivity contribution in [1.82, 2.24) is 0 Å². The molecule has 0 saturated carbocycles. The molecule has 8 nitrogen and oxygen atoms in total. The van der Waals surface area contributed by atoms with Gasteiger partial charge in [0.25, 0.3) is 5.91 Å². The lowest BCUT2D eigenvalue weighted by Crippen LogP contribution is -2.16. The van der Waals surface area contributed by atoms with Gasteiger partial charge in [0.15, 0.2) is 0 Å². The van der Waals surface area contributed by atoms with Gasteiger partial charge in [0.05, 0.1) is 26.9 Å². The van der Waals surface area contributed by atoms with Crippen LogP contribution in [-0.4, -0.2) is 21.0 Å². The van der Waals surface area contributed by atoms with Crippen LogP contribution in [0.2, 0.25) is 10.0 Å². The summed E-state index contributed by atoms with van der Waals surface area (Å²) < 4.78 is 41.5. The number of phenolic OH excluding ortho intramolecular Hbond substituents is 2. The predicted octanol–water partition coefficient (Wildman–Crippen LogP) is 7.00. The number of rotatable bonds is 5. The number of nitro benzene ring substituents is 1. The van der Waals surface area contributed by atoms with Crippen molar-refractivity contribution in [2.45, 2.75) is 12.1 Å². The molecule has 0 aliphatic rings. The van der Waals surface area contributed by atoms with Crippen LogP contribution >= 0.6 is 39.1 Å². The number of hydrogen-bond acceptors (Lipinski definition) is 6. The fourth-order valence-electron chi connectivity index (χ4n) is 3.34. The topological polar surface area (TPSA) is 136 Å². The summed E-state index contributed by atoms with van der Waals surface area (Å²) in [6.07, 6.45) is -4.97. The minimum absolute atomic E-state index is 0.0262. The van der Waals surface area contributed by atoms with E-state index >= 15 is 0 Å². The Labute approximate surface area is 218 Å². The normalized spacial score (nSPS) is 12.0. The Balaban J connectivity index is 2.09. The Morgan fingerprint density at radius 1 is 1.11 bits per heavy atom. The SMILES string of the molecule is N#CC(c1ccc(Cl)cc1Cl)c1ccc(NC(=O)c2c(O)c(Br)cc([N+](=O)[O-])c2O)cc1C(F)(F)F. The summed E-state index contributed by atoms with van der Waals surface area (Å²) in [6.45, 7) is 0. The number of nitrogens with zero attached hydrogens (tertiary/aromatic N) is 2. The zero-order chi connectivity index (χ0) is 26.9. The summed E-state index contributed by atoms with van der Waals surface area (Å²) >= 11 is 14.7. The van der Waals surface area contributed by atoms with E-state index < -0.39 is 62.5 Å². The number of carbonyl (C=O) groups is 1. The average Bonchev–Trinajstić information content (AvgIpc) is 2.78. The number of nitriles is 1. The molecule has 3 aromatic carbocycles. The number of anilines is 1. The molecule has 3 N–H and O–H groups in total. The number of nitro groups is 1. The van der Waals surface area contributed by atoms with Crippen molar-refractivity contribution in [3.05, 3.63) is 89.4 Å². The van der Waals surface area contributed by atoms with Crippen LogP contribution in [0.25, 0.3) is 0 Å². The highest BCUT2D eigenvalue weighted by molar-refractivity contribution is 9.10. The van der Waals surface area contributed by atoms with Gasteiger partial charge in [-0.15, -0.1) is 0 Å². The van der Waals surface area contributed by atoms with E-state index in [4.69, 9.17) is 23.2 Å². The smallest absolute Gasteiger partial charge is 0.416 e. The molecule has 3 aromatic rings. The molecule has 14 heteroatoms. The van der Waals surface area contributed by atoms with Gasteiger partial charge in [-0.05, 0) is 51.3 Å². The van der Waals surface area contributed by atoms with Crippen LogP contribution in [0, 0.1) is 21.4 Å². The summed E-state index contributed by atoms with van der Waals surface area (Å²) in [7, 11) is 0. The van der Waals surface area contributed by atoms with Gasteiger partial charge in [-0.1, -0.05) is 35.3 Å². The Bertz CT molecular complexity index is 1440. The third-order valence-corrected chi connectivity index (χ3v) is 6.13. The van der Waals surface area contributed by atoms with Gasteiger partial charge in [-0.2, -0.15) is 18.4 Å². The molecule has 0 fully saturated rings. The third kappa shape index (κ3) is 5.33. The predicted molar refractivity (Wildman–Crippen MR) is 127 cm³/mol. The summed E-state index contributed by atoms with van der Waals surface area (Å²) in [4.78, 5) is 22.8. The van der Waals surface area contributed by atoms with Crippen LogP contribution in [0.5, 0.6) is 11.5 Å². The second-order valence-corrected chi connectivity index (χ2v) is 8.89. The lowest BCUT2D eigenvalue weighted by molar-refractivity contribution is -0.386. The molecule has 0 aliphatic carbocycles. The van der Waals surface area contributed by atoms with E-state index in [0.29, 0.717) is 6.07 Å². The van der Waals surface area contributed by atoms with Crippen molar-refractivity contribution in [2.75, 3.05) is 5.32 Å². The fraction of sp³-hybridized carbons (Fsp3) is 0.0909. The van der Waals surface area contributed by atoms with Crippen molar-refractivity contribution >= 4 is 56.4 Å². The standard InChI is InChI=1S/C22H11BrCl2F3N3O5/c23-15-7-17(31(35)36)20(33)18(19(15)32)21(34)30-10-2-4-11(14(6-10)22(26,27)28)13(8-29)12-3-1-9(24)5-16(12)25/h1-7,13,32-33H,(H,30,34). The van der Waals surface area contributed by atoms with Gasteiger partial charge in [-0.25, -0.2) is 0 Å². The Hall–Kier alpha value is -3.53. The van der Waals surface area contributed by atoms with Gasteiger partial charge in [-0.3, -0.25) is 14.9 Å². The van der Waals surface area contributed by atoms with Gasteiger partial charge in [0.1, 0.15) is 11.3 Å². The molecule has 0 spiro atoms. The monoisotopic (exact) mass is 603 g/mol. The molecule has 0 aliphatic heterocycles. The summed E-state index contributed by atoms with van der Waals surface area (Å²) in [5.41, 5.74) is -3.95. The van der Waals surface area contributed by atoms with Crippen LogP contribution in [0.15, 0.2) is 46.9 Å². The van der Waals surface area contributed by atoms with Gasteiger partial charge < -0.3 is 15.5 Å². The second kappa shape index (κ2) is 10.2. The van der Waals surface area contributed by atoms with Crippen molar-refractivity contribution in [2.24, 2.45) is 0 Å². The second-order valence-electron chi connectivity index (χ2n) is 7.19. The first-order valence-electron chi connectivity index (χ1n) is 9.52. The Morgan fingerprint density at radius 2 is 1.75 bits per heavy atom. The molecule has 0 aromatic heterocycles. The van der Waals surface area contributed by atoms with Crippen LogP contribution < -0.4 is 5.32 Å². The van der Waals surface area contributed by atoms with E-state index in [1.165, 1.54) is 18.2 Å². The lowest BCUT2D eigenvalue weighted by atomic mass is 9.88. The van der Waals surface area contributed by atoms with E-state index in [0.717, 1.165) is 18.2 Å². The number of phenols is 2. The number of carbonyl (C=O) groups excluding carboxylic acids is 1. The maximum absolute atomic E-state index is 14.0. The third-order valence-electron chi connectivity index (χ3n) is 4.96. The fourth-order valence-corrected chi connectivity index (χ4v) is 4.27. The minimum atomic E-state index is -4.97. The molecular weight excluding hydrogens is 594 g/mol. The minimum Gasteiger partial charge on any atom is -0.506 e. The van der Waals surface area contributed by atoms with E-state index in [-0.39, 0.29) is 20.1 Å². The zero-order valence-electron chi connectivity index (χ0n) is 17.4. The van der Waals surface area contributed by atoms with Crippen molar-refractivity contribution in [1.29, 1.82) is 5.26 Å². The lowest BCUT2D eigenvalue weighted by Gasteiger charge is -2.19. The number of nitrogens with one attached hydrogen (secondary N) is 1. The highest BCUT2D eigenvalue weighted by Crippen LogP contribution is 2.43. The van der Waals surface area contributed by atoms with E-state index in [1.54, 1.807) is 6.07 Å². The molecule has 36 heavy (non-hydrogen) atoms. The van der Waals surface area contributed by atoms with Crippen LogP contribution in [0.3, 0.4) is 0 Å². The largest absolute Gasteiger partial charge is 0.506 e. The molecular formula is C22H11BrCl2F3N3O5. The van der Waals surface area contributed by atoms with E-state index in [2.05, 4.69) is 21.2 Å². The van der Waals surface area contributed by atoms with Crippen LogP contribution in [0.4, 0.5) is 24.5 Å². The van der Waals surface area contributed by atoms with Gasteiger partial charge in [0, 0.05) is 21.8 Å². The number of halogens is 6. The van der Waals surface area contributed by atoms with Gasteiger partial charge in [0.2, 0.25) is 5.75 Å². The molecule has 3 rings (SSSR count). The van der Waals surface area contributed by atoms with Crippen molar-refractivity contribution in [3.63, 3.8) is 0 Å². The van der Waals surface area contributed by atoms with Crippen molar-refractivity contribution < 1.29 is 33.1 Å². The first-order chi connectivity index (χ1) is 16.8. The Morgan fingerprint density at radius 3 is 2.31 bits per heavy atom. The van der Waals surface area contributed by atoms with Gasteiger partial charge >= 0.3 is 11.9 Å². The summed E-state index contributed by atoms with van der Waals surface area (Å²) in [6, 6.07) is 9.05. The zero-order valence-corrected chi connectivity index (χ0v) is 20.5. The molecule has 0 saturated heterocycles. The number of alkyl halides is 3. The molecule has 1 amide bonds. The maximum Gasteiger partial charge on any atom is 0.416 e. The molecule has 186 valence electrons. The number of hydrogen-bond donors (Lipinski definition) is 3. The highest BCUT2D eigenvalue weighted by Gasteiger charge is 2.37. The van der Waals surface area contributed by atoms with E-state index in [9.17, 15) is 43.6 Å². The number of aromatic hydroxyl groups is 2. The quantitative estimate of drug-likeness (QED) is 0.212. The summed E-state index contributed by atoms with van der Waals surface area (Å²) in [5, 5.41) is 43.2. The summed E-state index contributed by atoms with van der Waals surface area (Å²) in [5.74, 6) is -4.83. The molecule has 1 atom stereocenters. The van der Waals surface area contributed by atoms with Crippen molar-refractivity contribution in [3.8, 4) is 17.6 Å². The molecule has 0 radical (unpaired) electrons. The molecule has 0 heterocycles. The molecule has 1 unspecified atom stereocenters. The van der Waals surface area contributed by atoms with Crippen LogP contribution in [0.1, 0.15) is 33.0 Å². The first-order valence-corrected chi connectivity index (χ1v) is 11.1. The average molecular weight is 605 g/mol. The number of amides is 1. The van der Waals surface area contributed by atoms with E-state index in [1.807, 2.05) is 0 Å². The first kappa shape index (κ1) is 27.1.